The number of aliphatic hydroxyl groups is 1. The highest BCUT2D eigenvalue weighted by atomic mass is 16.3. The Hall–Kier alpha value is -2.14. The van der Waals surface area contributed by atoms with Crippen LogP contribution >= 0.6 is 0 Å². The Morgan fingerprint density at radius 2 is 1.83 bits per heavy atom. The van der Waals surface area contributed by atoms with Gasteiger partial charge in [0.25, 0.3) is 5.91 Å². The fraction of sp³-hybridized carbons (Fsp3) is 0.474. The first kappa shape index (κ1) is 16.7. The summed E-state index contributed by atoms with van der Waals surface area (Å²) in [7, 11) is 0. The van der Waals surface area contributed by atoms with Crippen LogP contribution in [0.5, 0.6) is 0 Å². The Kier molecular flexibility index (Phi) is 5.00. The lowest BCUT2D eigenvalue weighted by molar-refractivity contribution is 0.0453. The minimum atomic E-state index is -0.454. The minimum Gasteiger partial charge on any atom is -0.388 e. The van der Waals surface area contributed by atoms with Gasteiger partial charge < -0.3 is 10.0 Å². The summed E-state index contributed by atoms with van der Waals surface area (Å²) >= 11 is 0. The van der Waals surface area contributed by atoms with E-state index in [-0.39, 0.29) is 17.9 Å². The summed E-state index contributed by atoms with van der Waals surface area (Å²) in [5, 5.41) is 14.8. The van der Waals surface area contributed by atoms with Crippen molar-refractivity contribution in [1.29, 1.82) is 0 Å². The van der Waals surface area contributed by atoms with E-state index in [1.165, 1.54) is 0 Å². The minimum absolute atomic E-state index is 0.0360. The fourth-order valence-electron chi connectivity index (χ4n) is 3.40. The van der Waals surface area contributed by atoms with Crippen LogP contribution in [0.1, 0.15) is 54.9 Å². The van der Waals surface area contributed by atoms with Crippen LogP contribution in [0.4, 0.5) is 0 Å². The van der Waals surface area contributed by atoms with Crippen LogP contribution in [-0.2, 0) is 0 Å². The number of likely N-dealkylation sites (tertiary alicyclic amines) is 1. The van der Waals surface area contributed by atoms with Gasteiger partial charge in [0, 0.05) is 25.3 Å². The van der Waals surface area contributed by atoms with Crippen LogP contribution < -0.4 is 0 Å². The molecule has 0 saturated carbocycles. The van der Waals surface area contributed by atoms with Crippen LogP contribution in [0, 0.1) is 5.92 Å². The highest BCUT2D eigenvalue weighted by Gasteiger charge is 2.29. The van der Waals surface area contributed by atoms with Crippen LogP contribution in [0.25, 0.3) is 0 Å². The zero-order valence-corrected chi connectivity index (χ0v) is 14.3. The second-order valence-corrected chi connectivity index (χ2v) is 6.74. The topological polar surface area (TPSA) is 58.4 Å². The zero-order valence-electron chi connectivity index (χ0n) is 14.3. The number of aliphatic hydroxyl groups excluding tert-OH is 1. The third-order valence-electron chi connectivity index (χ3n) is 4.79. The lowest BCUT2D eigenvalue weighted by Gasteiger charge is -2.34. The predicted molar refractivity (Wildman–Crippen MR) is 92.6 cm³/mol. The largest absolute Gasteiger partial charge is 0.388 e. The van der Waals surface area contributed by atoms with Gasteiger partial charge >= 0.3 is 0 Å². The Bertz CT molecular complexity index is 673. The molecule has 0 bridgehead atoms. The molecule has 0 spiro atoms. The smallest absolute Gasteiger partial charge is 0.272 e. The summed E-state index contributed by atoms with van der Waals surface area (Å²) in [5.74, 6) is 0.236. The second kappa shape index (κ2) is 7.18. The predicted octanol–water partition coefficient (Wildman–Crippen LogP) is 3.05. The summed E-state index contributed by atoms with van der Waals surface area (Å²) in [4.78, 5) is 14.6. The van der Waals surface area contributed by atoms with E-state index in [1.54, 1.807) is 16.9 Å². The van der Waals surface area contributed by atoms with Crippen LogP contribution in [0.15, 0.2) is 42.6 Å². The molecule has 1 atom stereocenters. The number of carbonyl (C=O) groups is 1. The van der Waals surface area contributed by atoms with Crippen molar-refractivity contribution in [3.05, 3.63) is 53.9 Å². The van der Waals surface area contributed by atoms with E-state index < -0.39 is 6.10 Å². The number of nitrogens with zero attached hydrogens (tertiary/aromatic N) is 3. The molecule has 1 unspecified atom stereocenters. The van der Waals surface area contributed by atoms with Crippen molar-refractivity contribution in [2.24, 2.45) is 5.92 Å². The van der Waals surface area contributed by atoms with E-state index in [4.69, 9.17) is 0 Å². The maximum absolute atomic E-state index is 12.7. The van der Waals surface area contributed by atoms with Crippen LogP contribution in [-0.4, -0.2) is 38.8 Å². The number of amides is 1. The molecule has 0 radical (unpaired) electrons. The van der Waals surface area contributed by atoms with Gasteiger partial charge in [-0.3, -0.25) is 9.48 Å². The summed E-state index contributed by atoms with van der Waals surface area (Å²) < 4.78 is 1.77. The maximum atomic E-state index is 12.7. The van der Waals surface area contributed by atoms with Crippen molar-refractivity contribution < 1.29 is 9.90 Å². The first-order chi connectivity index (χ1) is 11.6. The number of hydrogen-bond acceptors (Lipinski definition) is 3. The monoisotopic (exact) mass is 327 g/mol. The molecule has 128 valence electrons. The fourth-order valence-corrected chi connectivity index (χ4v) is 3.40. The number of benzene rings is 1. The number of hydrogen-bond donors (Lipinski definition) is 1. The molecule has 2 aromatic rings. The normalized spacial score (nSPS) is 17.2. The lowest BCUT2D eigenvalue weighted by Crippen LogP contribution is -2.40. The van der Waals surface area contributed by atoms with Gasteiger partial charge in [-0.25, -0.2) is 0 Å². The van der Waals surface area contributed by atoms with Gasteiger partial charge in [-0.1, -0.05) is 30.3 Å². The molecule has 0 aliphatic carbocycles. The molecule has 1 aromatic carbocycles. The molecule has 24 heavy (non-hydrogen) atoms. The van der Waals surface area contributed by atoms with Crippen molar-refractivity contribution in [3.63, 3.8) is 0 Å². The third kappa shape index (κ3) is 3.36. The summed E-state index contributed by atoms with van der Waals surface area (Å²) in [6, 6.07) is 11.7. The van der Waals surface area contributed by atoms with Gasteiger partial charge in [0.05, 0.1) is 6.10 Å². The lowest BCUT2D eigenvalue weighted by atomic mass is 9.87. The third-order valence-corrected chi connectivity index (χ3v) is 4.79. The van der Waals surface area contributed by atoms with E-state index in [0.29, 0.717) is 18.8 Å². The Morgan fingerprint density at radius 3 is 2.46 bits per heavy atom. The summed E-state index contributed by atoms with van der Waals surface area (Å²) in [5.41, 5.74) is 1.60. The zero-order chi connectivity index (χ0) is 17.1. The highest BCUT2D eigenvalue weighted by molar-refractivity contribution is 5.92. The van der Waals surface area contributed by atoms with Crippen LogP contribution in [0.3, 0.4) is 0 Å². The molecule has 2 heterocycles. The molecule has 3 rings (SSSR count). The van der Waals surface area contributed by atoms with Crippen molar-refractivity contribution >= 4 is 5.91 Å². The molecule has 5 nitrogen and oxygen atoms in total. The van der Waals surface area contributed by atoms with Gasteiger partial charge in [0.1, 0.15) is 5.69 Å². The van der Waals surface area contributed by atoms with E-state index in [0.717, 1.165) is 18.4 Å². The molecular weight excluding hydrogens is 302 g/mol. The molecule has 1 saturated heterocycles. The summed E-state index contributed by atoms with van der Waals surface area (Å²) in [6.45, 7) is 5.39. The van der Waals surface area contributed by atoms with Gasteiger partial charge in [-0.05, 0) is 44.2 Å². The summed E-state index contributed by atoms with van der Waals surface area (Å²) in [6.07, 6.45) is 2.86. The van der Waals surface area contributed by atoms with Crippen LogP contribution in [0.2, 0.25) is 0 Å². The quantitative estimate of drug-likeness (QED) is 0.939. The Morgan fingerprint density at radius 1 is 1.17 bits per heavy atom. The average molecular weight is 327 g/mol. The molecule has 5 heteroatoms. The molecule has 1 aliphatic heterocycles. The standard InChI is InChI=1S/C19H25N3O2/c1-14(2)22-17(8-11-20-22)19(24)21-12-9-16(10-13-21)18(23)15-6-4-3-5-7-15/h3-8,11,14,16,18,23H,9-10,12-13H2,1-2H3. The maximum Gasteiger partial charge on any atom is 0.272 e. The first-order valence-corrected chi connectivity index (χ1v) is 8.63. The van der Waals surface area contributed by atoms with Crippen molar-refractivity contribution in [3.8, 4) is 0 Å². The second-order valence-electron chi connectivity index (χ2n) is 6.74. The SMILES string of the molecule is CC(C)n1nccc1C(=O)N1CCC(C(O)c2ccccc2)CC1. The molecule has 1 fully saturated rings. The highest BCUT2D eigenvalue weighted by Crippen LogP contribution is 2.31. The van der Waals surface area contributed by atoms with E-state index in [9.17, 15) is 9.90 Å². The first-order valence-electron chi connectivity index (χ1n) is 8.63. The number of rotatable bonds is 4. The molecule has 1 aromatic heterocycles. The number of aromatic nitrogens is 2. The van der Waals surface area contributed by atoms with Gasteiger partial charge in [0.15, 0.2) is 0 Å². The molecule has 1 aliphatic rings. The number of piperidine rings is 1. The van der Waals surface area contributed by atoms with E-state index in [1.807, 2.05) is 49.1 Å². The van der Waals surface area contributed by atoms with Crippen molar-refractivity contribution in [1.82, 2.24) is 14.7 Å². The molecule has 1 amide bonds. The van der Waals surface area contributed by atoms with Crippen molar-refractivity contribution in [2.75, 3.05) is 13.1 Å². The average Bonchev–Trinajstić information content (AvgIpc) is 3.11. The Balaban J connectivity index is 1.63. The van der Waals surface area contributed by atoms with E-state index >= 15 is 0 Å². The number of carbonyl (C=O) groups excluding carboxylic acids is 1. The van der Waals surface area contributed by atoms with Gasteiger partial charge in [-0.15, -0.1) is 0 Å². The molecular formula is C19H25N3O2. The molecule has 1 N–H and O–H groups in total. The van der Waals surface area contributed by atoms with Crippen molar-refractivity contribution in [2.45, 2.75) is 38.8 Å². The Labute approximate surface area is 142 Å². The van der Waals surface area contributed by atoms with Gasteiger partial charge in [-0.2, -0.15) is 5.10 Å². The van der Waals surface area contributed by atoms with E-state index in [2.05, 4.69) is 5.10 Å². The van der Waals surface area contributed by atoms with Gasteiger partial charge in [0.2, 0.25) is 0 Å².